The largest absolute Gasteiger partial charge is 0.270 e. The van der Waals surface area contributed by atoms with Crippen LogP contribution >= 0.6 is 6.04 Å². The second-order valence-electron chi connectivity index (χ2n) is 4.02. The first-order valence-corrected chi connectivity index (χ1v) is 8.09. The molecule has 1 aromatic carbocycles. The summed E-state index contributed by atoms with van der Waals surface area (Å²) in [4.78, 5) is 10.3. The Bertz CT molecular complexity index is 524. The smallest absolute Gasteiger partial charge is 0.258 e. The van der Waals surface area contributed by atoms with Crippen molar-refractivity contribution in [3.05, 3.63) is 45.8 Å². The normalized spacial score (nSPS) is 24.2. The van der Waals surface area contributed by atoms with E-state index < -0.39 is 6.04 Å². The Morgan fingerprint density at radius 3 is 2.81 bits per heavy atom. The average molecular weight is 253 g/mol. The van der Waals surface area contributed by atoms with Gasteiger partial charge in [-0.2, -0.15) is 0 Å². The SMILES string of the molecule is CC1=CP(=S)(c2cccc([N+](=O)[O-])c2)CC1. The van der Waals surface area contributed by atoms with Crippen molar-refractivity contribution in [3.63, 3.8) is 0 Å². The van der Waals surface area contributed by atoms with Crippen LogP contribution < -0.4 is 5.30 Å². The van der Waals surface area contributed by atoms with E-state index in [4.69, 9.17) is 11.8 Å². The topological polar surface area (TPSA) is 43.1 Å². The quantitative estimate of drug-likeness (QED) is 0.462. The Hall–Kier alpha value is -0.990. The summed E-state index contributed by atoms with van der Waals surface area (Å²) >= 11 is 5.67. The van der Waals surface area contributed by atoms with Crippen LogP contribution in [-0.4, -0.2) is 11.1 Å². The second-order valence-corrected chi connectivity index (χ2v) is 8.79. The van der Waals surface area contributed by atoms with E-state index in [1.165, 1.54) is 11.6 Å². The number of non-ortho nitro benzene ring substituents is 1. The highest BCUT2D eigenvalue weighted by Crippen LogP contribution is 2.53. The molecule has 0 fully saturated rings. The minimum absolute atomic E-state index is 0.139. The van der Waals surface area contributed by atoms with Crippen LogP contribution in [0.15, 0.2) is 35.7 Å². The van der Waals surface area contributed by atoms with Crippen LogP contribution in [0.25, 0.3) is 0 Å². The van der Waals surface area contributed by atoms with Crippen LogP contribution in [-0.2, 0) is 11.8 Å². The highest BCUT2D eigenvalue weighted by molar-refractivity contribution is 8.19. The van der Waals surface area contributed by atoms with Gasteiger partial charge in [0.25, 0.3) is 5.69 Å². The summed E-state index contributed by atoms with van der Waals surface area (Å²) < 4.78 is 0. The number of nitro benzene ring substituents is 1. The van der Waals surface area contributed by atoms with E-state index in [1.54, 1.807) is 12.1 Å². The summed E-state index contributed by atoms with van der Waals surface area (Å²) in [6.07, 6.45) is 2.00. The molecule has 0 aliphatic carbocycles. The molecule has 0 N–H and O–H groups in total. The molecule has 1 aliphatic rings. The zero-order valence-corrected chi connectivity index (χ0v) is 10.6. The molecule has 0 saturated carbocycles. The molecule has 0 aromatic heterocycles. The summed E-state index contributed by atoms with van der Waals surface area (Å²) in [6, 6.07) is 5.11. The summed E-state index contributed by atoms with van der Waals surface area (Å²) in [6.45, 7) is 2.07. The molecule has 16 heavy (non-hydrogen) atoms. The fourth-order valence-electron chi connectivity index (χ4n) is 1.87. The van der Waals surface area contributed by atoms with Crippen LogP contribution in [0.5, 0.6) is 0 Å². The first kappa shape index (κ1) is 11.5. The predicted molar refractivity (Wildman–Crippen MR) is 70.3 cm³/mol. The molecule has 1 aliphatic heterocycles. The Labute approximate surface area is 99.3 Å². The van der Waals surface area contributed by atoms with Crippen LogP contribution in [0.1, 0.15) is 13.3 Å². The van der Waals surface area contributed by atoms with Crippen molar-refractivity contribution in [2.75, 3.05) is 6.16 Å². The lowest BCUT2D eigenvalue weighted by molar-refractivity contribution is -0.384. The lowest BCUT2D eigenvalue weighted by Crippen LogP contribution is -2.04. The fraction of sp³-hybridized carbons (Fsp3) is 0.273. The third-order valence-electron chi connectivity index (χ3n) is 2.74. The van der Waals surface area contributed by atoms with Gasteiger partial charge < -0.3 is 0 Å². The van der Waals surface area contributed by atoms with Gasteiger partial charge in [0.2, 0.25) is 0 Å². The van der Waals surface area contributed by atoms with Crippen LogP contribution in [0.2, 0.25) is 0 Å². The minimum atomic E-state index is -1.68. The molecule has 1 heterocycles. The molecule has 0 amide bonds. The Kier molecular flexibility index (Phi) is 2.96. The third kappa shape index (κ3) is 2.08. The maximum atomic E-state index is 10.7. The van der Waals surface area contributed by atoms with Gasteiger partial charge in [-0.05, 0) is 30.6 Å². The van der Waals surface area contributed by atoms with Gasteiger partial charge in [0.1, 0.15) is 0 Å². The zero-order chi connectivity index (χ0) is 11.8. The van der Waals surface area contributed by atoms with Gasteiger partial charge >= 0.3 is 0 Å². The first-order chi connectivity index (χ1) is 7.51. The highest BCUT2D eigenvalue weighted by Gasteiger charge is 2.23. The summed E-state index contributed by atoms with van der Waals surface area (Å²) in [5, 5.41) is 11.7. The second kappa shape index (κ2) is 4.11. The van der Waals surface area contributed by atoms with Crippen molar-refractivity contribution in [2.24, 2.45) is 0 Å². The van der Waals surface area contributed by atoms with E-state index >= 15 is 0 Å². The van der Waals surface area contributed by atoms with Gasteiger partial charge in [-0.15, -0.1) is 0 Å². The molecule has 5 heteroatoms. The molecular weight excluding hydrogens is 241 g/mol. The first-order valence-electron chi connectivity index (χ1n) is 5.03. The molecule has 0 bridgehead atoms. The Balaban J connectivity index is 2.46. The van der Waals surface area contributed by atoms with Gasteiger partial charge in [0.15, 0.2) is 0 Å². The zero-order valence-electron chi connectivity index (χ0n) is 8.92. The summed E-state index contributed by atoms with van der Waals surface area (Å²) in [5.74, 6) is 2.15. The molecule has 1 aromatic rings. The summed E-state index contributed by atoms with van der Waals surface area (Å²) in [5.41, 5.74) is 1.45. The molecule has 1 unspecified atom stereocenters. The molecule has 2 rings (SSSR count). The van der Waals surface area contributed by atoms with Crippen molar-refractivity contribution in [3.8, 4) is 0 Å². The van der Waals surface area contributed by atoms with E-state index in [2.05, 4.69) is 12.7 Å². The Morgan fingerprint density at radius 1 is 1.50 bits per heavy atom. The monoisotopic (exact) mass is 253 g/mol. The van der Waals surface area contributed by atoms with Crippen molar-refractivity contribution < 1.29 is 4.92 Å². The minimum Gasteiger partial charge on any atom is -0.258 e. The number of hydrogen-bond acceptors (Lipinski definition) is 3. The molecule has 3 nitrogen and oxygen atoms in total. The van der Waals surface area contributed by atoms with E-state index in [0.29, 0.717) is 0 Å². The Morgan fingerprint density at radius 2 is 2.25 bits per heavy atom. The van der Waals surface area contributed by atoms with Crippen LogP contribution in [0, 0.1) is 10.1 Å². The molecule has 0 saturated heterocycles. The third-order valence-corrected chi connectivity index (χ3v) is 7.14. The number of allylic oxidation sites excluding steroid dienone is 1. The van der Waals surface area contributed by atoms with Gasteiger partial charge in [0, 0.05) is 18.2 Å². The maximum Gasteiger partial charge on any atom is 0.270 e. The van der Waals surface area contributed by atoms with E-state index in [-0.39, 0.29) is 10.6 Å². The van der Waals surface area contributed by atoms with Crippen molar-refractivity contribution >= 4 is 28.8 Å². The number of hydrogen-bond donors (Lipinski definition) is 0. The van der Waals surface area contributed by atoms with Gasteiger partial charge in [-0.1, -0.05) is 29.5 Å². The number of nitrogens with zero attached hydrogens (tertiary/aromatic N) is 1. The average Bonchev–Trinajstić information content (AvgIpc) is 2.60. The predicted octanol–water partition coefficient (Wildman–Crippen LogP) is 3.01. The van der Waals surface area contributed by atoms with Gasteiger partial charge in [0.05, 0.1) is 4.92 Å². The summed E-state index contributed by atoms with van der Waals surface area (Å²) in [7, 11) is 0. The van der Waals surface area contributed by atoms with Crippen molar-refractivity contribution in [1.29, 1.82) is 0 Å². The maximum absolute atomic E-state index is 10.7. The molecule has 0 radical (unpaired) electrons. The van der Waals surface area contributed by atoms with Crippen molar-refractivity contribution in [1.82, 2.24) is 0 Å². The van der Waals surface area contributed by atoms with Crippen molar-refractivity contribution in [2.45, 2.75) is 13.3 Å². The molecule has 1 atom stereocenters. The van der Waals surface area contributed by atoms with E-state index in [9.17, 15) is 10.1 Å². The number of benzene rings is 1. The van der Waals surface area contributed by atoms with Gasteiger partial charge in [-0.3, -0.25) is 10.1 Å². The number of rotatable bonds is 2. The number of nitro groups is 1. The lowest BCUT2D eigenvalue weighted by Gasteiger charge is -2.12. The lowest BCUT2D eigenvalue weighted by atomic mass is 10.3. The fourth-order valence-corrected chi connectivity index (χ4v) is 5.78. The standard InChI is InChI=1S/C11H12NO2PS/c1-9-5-6-15(16,8-9)11-4-2-3-10(7-11)12(13)14/h2-4,7-8H,5-6H2,1H3. The highest BCUT2D eigenvalue weighted by atomic mass is 32.4. The molecule has 0 spiro atoms. The van der Waals surface area contributed by atoms with Crippen LogP contribution in [0.4, 0.5) is 5.69 Å². The van der Waals surface area contributed by atoms with E-state index in [1.807, 2.05) is 6.07 Å². The molecule has 84 valence electrons. The van der Waals surface area contributed by atoms with Crippen LogP contribution in [0.3, 0.4) is 0 Å². The molecular formula is C11H12NO2PS. The van der Waals surface area contributed by atoms with E-state index in [0.717, 1.165) is 17.9 Å². The van der Waals surface area contributed by atoms with Gasteiger partial charge in [-0.25, -0.2) is 0 Å².